The Labute approximate surface area is 212 Å². The molecular formula is C28H33N5O3. The van der Waals surface area contributed by atoms with E-state index in [-0.39, 0.29) is 17.6 Å². The highest BCUT2D eigenvalue weighted by Gasteiger charge is 2.36. The van der Waals surface area contributed by atoms with E-state index >= 15 is 0 Å². The highest BCUT2D eigenvalue weighted by atomic mass is 16.6. The van der Waals surface area contributed by atoms with Gasteiger partial charge in [0.2, 0.25) is 5.91 Å². The van der Waals surface area contributed by atoms with Gasteiger partial charge in [0.15, 0.2) is 0 Å². The summed E-state index contributed by atoms with van der Waals surface area (Å²) in [7, 11) is 0. The molecule has 0 aromatic heterocycles. The van der Waals surface area contributed by atoms with Crippen LogP contribution in [0.5, 0.6) is 0 Å². The van der Waals surface area contributed by atoms with Crippen molar-refractivity contribution in [3.05, 3.63) is 63.7 Å². The number of rotatable bonds is 5. The molecule has 8 heteroatoms. The zero-order valence-electron chi connectivity index (χ0n) is 20.6. The van der Waals surface area contributed by atoms with Crippen molar-refractivity contribution in [2.75, 3.05) is 42.5 Å². The number of amides is 1. The maximum absolute atomic E-state index is 13.8. The summed E-state index contributed by atoms with van der Waals surface area (Å²) in [6.07, 6.45) is 7.48. The van der Waals surface area contributed by atoms with E-state index in [1.165, 1.54) is 24.1 Å². The van der Waals surface area contributed by atoms with Gasteiger partial charge in [-0.15, -0.1) is 0 Å². The summed E-state index contributed by atoms with van der Waals surface area (Å²) in [4.78, 5) is 31.1. The molecule has 1 aliphatic carbocycles. The molecule has 2 aromatic rings. The number of non-ortho nitro benzene ring substituents is 1. The molecule has 2 aliphatic heterocycles. The summed E-state index contributed by atoms with van der Waals surface area (Å²) in [6, 6.07) is 15.2. The van der Waals surface area contributed by atoms with Crippen LogP contribution in [0.3, 0.4) is 0 Å². The maximum Gasteiger partial charge on any atom is 0.270 e. The normalized spacial score (nSPS) is 21.0. The SMILES string of the molecule is N#Cc1cc([N+](=O)[O-])ccc1N1CCN(CC2CCc3ccccc3N2C(=O)C2CCCCC2)CC1. The van der Waals surface area contributed by atoms with E-state index in [1.807, 2.05) is 6.07 Å². The maximum atomic E-state index is 13.8. The van der Waals surface area contributed by atoms with Gasteiger partial charge in [0.1, 0.15) is 6.07 Å². The van der Waals surface area contributed by atoms with Gasteiger partial charge in [0.05, 0.1) is 16.2 Å². The van der Waals surface area contributed by atoms with Gasteiger partial charge in [-0.3, -0.25) is 19.8 Å². The first kappa shape index (κ1) is 24.3. The smallest absolute Gasteiger partial charge is 0.270 e. The molecule has 1 saturated heterocycles. The van der Waals surface area contributed by atoms with Crippen molar-refractivity contribution in [3.8, 4) is 6.07 Å². The average molecular weight is 488 g/mol. The van der Waals surface area contributed by atoms with Crippen LogP contribution in [-0.4, -0.2) is 54.5 Å². The topological polar surface area (TPSA) is 93.7 Å². The number of benzene rings is 2. The summed E-state index contributed by atoms with van der Waals surface area (Å²) in [5.74, 6) is 0.436. The number of carbonyl (C=O) groups excluding carboxylic acids is 1. The van der Waals surface area contributed by atoms with Crippen LogP contribution in [0.15, 0.2) is 42.5 Å². The molecule has 0 spiro atoms. The summed E-state index contributed by atoms with van der Waals surface area (Å²) in [6.45, 7) is 3.97. The quantitative estimate of drug-likeness (QED) is 0.455. The van der Waals surface area contributed by atoms with Crippen molar-refractivity contribution in [1.82, 2.24) is 4.90 Å². The molecule has 8 nitrogen and oxygen atoms in total. The number of nitrogens with zero attached hydrogens (tertiary/aromatic N) is 5. The van der Waals surface area contributed by atoms with Crippen LogP contribution in [0, 0.1) is 27.4 Å². The monoisotopic (exact) mass is 487 g/mol. The molecule has 0 radical (unpaired) electrons. The minimum atomic E-state index is -0.467. The number of aryl methyl sites for hydroxylation is 1. The Balaban J connectivity index is 1.28. The van der Waals surface area contributed by atoms with Gasteiger partial charge in [-0.25, -0.2) is 0 Å². The highest BCUT2D eigenvalue weighted by Crippen LogP contribution is 2.35. The number of carbonyl (C=O) groups is 1. The molecule has 0 N–H and O–H groups in total. The van der Waals surface area contributed by atoms with Gasteiger partial charge in [-0.2, -0.15) is 5.26 Å². The highest BCUT2D eigenvalue weighted by molar-refractivity contribution is 5.97. The lowest BCUT2D eigenvalue weighted by molar-refractivity contribution is -0.384. The Hall–Kier alpha value is -3.44. The molecule has 5 rings (SSSR count). The Morgan fingerprint density at radius 1 is 1.00 bits per heavy atom. The number of anilines is 2. The zero-order valence-corrected chi connectivity index (χ0v) is 20.6. The second-order valence-electron chi connectivity index (χ2n) is 10.2. The van der Waals surface area contributed by atoms with Crippen LogP contribution in [-0.2, 0) is 11.2 Å². The summed E-state index contributed by atoms with van der Waals surface area (Å²) in [5.41, 5.74) is 3.39. The Bertz CT molecular complexity index is 1160. The number of para-hydroxylation sites is 1. The molecule has 3 aliphatic rings. The fourth-order valence-corrected chi connectivity index (χ4v) is 6.10. The van der Waals surface area contributed by atoms with E-state index in [0.29, 0.717) is 11.5 Å². The second-order valence-corrected chi connectivity index (χ2v) is 10.2. The number of nitro benzene ring substituents is 1. The Morgan fingerprint density at radius 2 is 1.75 bits per heavy atom. The van der Waals surface area contributed by atoms with Gasteiger partial charge in [0.25, 0.3) is 5.69 Å². The van der Waals surface area contributed by atoms with Crippen LogP contribution in [0.1, 0.15) is 49.7 Å². The van der Waals surface area contributed by atoms with Crippen molar-refractivity contribution in [2.24, 2.45) is 5.92 Å². The van der Waals surface area contributed by atoms with Crippen LogP contribution in [0.25, 0.3) is 0 Å². The van der Waals surface area contributed by atoms with E-state index < -0.39 is 4.92 Å². The molecule has 2 heterocycles. The van der Waals surface area contributed by atoms with Gasteiger partial charge in [-0.05, 0) is 43.4 Å². The largest absolute Gasteiger partial charge is 0.368 e. The molecular weight excluding hydrogens is 454 g/mol. The Kier molecular flexibility index (Phi) is 7.19. The van der Waals surface area contributed by atoms with E-state index in [4.69, 9.17) is 0 Å². The predicted octanol–water partition coefficient (Wildman–Crippen LogP) is 4.52. The van der Waals surface area contributed by atoms with Crippen molar-refractivity contribution < 1.29 is 9.72 Å². The van der Waals surface area contributed by atoms with E-state index in [1.54, 1.807) is 6.07 Å². The lowest BCUT2D eigenvalue weighted by Crippen LogP contribution is -2.55. The minimum absolute atomic E-state index is 0.0609. The van der Waals surface area contributed by atoms with Crippen molar-refractivity contribution >= 4 is 23.0 Å². The van der Waals surface area contributed by atoms with Gasteiger partial charge < -0.3 is 9.80 Å². The number of hydrogen-bond donors (Lipinski definition) is 0. The van der Waals surface area contributed by atoms with Crippen LogP contribution in [0.2, 0.25) is 0 Å². The van der Waals surface area contributed by atoms with Crippen LogP contribution in [0.4, 0.5) is 17.1 Å². The molecule has 188 valence electrons. The molecule has 1 saturated carbocycles. The number of nitriles is 1. The standard InChI is InChI=1S/C28H33N5O3/c29-19-23-18-24(33(35)36)12-13-26(23)31-16-14-30(15-17-31)20-25-11-10-21-6-4-5-9-27(21)32(25)28(34)22-7-2-1-3-8-22/h4-6,9,12-13,18,22,25H,1-3,7-8,10-11,14-17,20H2. The van der Waals surface area contributed by atoms with Gasteiger partial charge in [0, 0.05) is 62.5 Å². The first-order valence-corrected chi connectivity index (χ1v) is 13.1. The van der Waals surface area contributed by atoms with Gasteiger partial charge >= 0.3 is 0 Å². The fraction of sp³-hybridized carbons (Fsp3) is 0.500. The summed E-state index contributed by atoms with van der Waals surface area (Å²) >= 11 is 0. The van der Waals surface area contributed by atoms with E-state index in [2.05, 4.69) is 39.0 Å². The number of nitro groups is 1. The third kappa shape index (κ3) is 4.93. The summed E-state index contributed by atoms with van der Waals surface area (Å²) < 4.78 is 0. The van der Waals surface area contributed by atoms with Crippen LogP contribution < -0.4 is 9.80 Å². The second kappa shape index (κ2) is 10.7. The van der Waals surface area contributed by atoms with Crippen LogP contribution >= 0.6 is 0 Å². The third-order valence-electron chi connectivity index (χ3n) is 8.05. The molecule has 2 aromatic carbocycles. The van der Waals surface area contributed by atoms with E-state index in [9.17, 15) is 20.2 Å². The molecule has 1 unspecified atom stereocenters. The number of hydrogen-bond acceptors (Lipinski definition) is 6. The molecule has 1 atom stereocenters. The molecule has 0 bridgehead atoms. The lowest BCUT2D eigenvalue weighted by Gasteiger charge is -2.43. The zero-order chi connectivity index (χ0) is 25.1. The predicted molar refractivity (Wildman–Crippen MR) is 139 cm³/mol. The number of piperazine rings is 1. The summed E-state index contributed by atoms with van der Waals surface area (Å²) in [5, 5.41) is 20.6. The average Bonchev–Trinajstić information content (AvgIpc) is 2.93. The van der Waals surface area contributed by atoms with Crippen molar-refractivity contribution in [2.45, 2.75) is 51.0 Å². The minimum Gasteiger partial charge on any atom is -0.368 e. The van der Waals surface area contributed by atoms with Crippen molar-refractivity contribution in [3.63, 3.8) is 0 Å². The van der Waals surface area contributed by atoms with Gasteiger partial charge in [-0.1, -0.05) is 37.5 Å². The lowest BCUT2D eigenvalue weighted by atomic mass is 9.86. The molecule has 1 amide bonds. The molecule has 36 heavy (non-hydrogen) atoms. The number of fused-ring (bicyclic) bond motifs is 1. The Morgan fingerprint density at radius 3 is 2.47 bits per heavy atom. The first-order chi connectivity index (χ1) is 17.5. The van der Waals surface area contributed by atoms with E-state index in [0.717, 1.165) is 82.6 Å². The fourth-order valence-electron chi connectivity index (χ4n) is 6.10. The first-order valence-electron chi connectivity index (χ1n) is 13.1. The third-order valence-corrected chi connectivity index (χ3v) is 8.05. The molecule has 2 fully saturated rings. The van der Waals surface area contributed by atoms with Crippen molar-refractivity contribution in [1.29, 1.82) is 5.26 Å².